The number of ether oxygens (including phenoxy) is 1. The lowest BCUT2D eigenvalue weighted by molar-refractivity contribution is -0.133. The van der Waals surface area contributed by atoms with E-state index in [4.69, 9.17) is 4.74 Å². The second-order valence-electron chi connectivity index (χ2n) is 4.24. The van der Waals surface area contributed by atoms with E-state index in [-0.39, 0.29) is 0 Å². The summed E-state index contributed by atoms with van der Waals surface area (Å²) in [7, 11) is 1.45. The minimum absolute atomic E-state index is 0.313. The number of rotatable bonds is 3. The minimum Gasteiger partial charge on any atom is -0.497 e. The highest BCUT2D eigenvalue weighted by molar-refractivity contribution is 6.43. The van der Waals surface area contributed by atoms with Gasteiger partial charge in [-0.25, -0.2) is 8.78 Å². The Kier molecular flexibility index (Phi) is 4.67. The first-order chi connectivity index (χ1) is 10.5. The molecule has 0 unspecified atom stereocenters. The largest absolute Gasteiger partial charge is 0.497 e. The summed E-state index contributed by atoms with van der Waals surface area (Å²) in [6.45, 7) is 0. The van der Waals surface area contributed by atoms with Gasteiger partial charge in [0.1, 0.15) is 23.1 Å². The number of hydrogen-bond donors (Lipinski definition) is 2. The number of amides is 2. The summed E-state index contributed by atoms with van der Waals surface area (Å²) in [5.41, 5.74) is -0.359. The monoisotopic (exact) mass is 306 g/mol. The van der Waals surface area contributed by atoms with Crippen LogP contribution in [-0.2, 0) is 9.59 Å². The molecular formula is C15H12F2N2O3. The van der Waals surface area contributed by atoms with Crippen LogP contribution in [0.2, 0.25) is 0 Å². The molecule has 2 aromatic carbocycles. The van der Waals surface area contributed by atoms with E-state index in [1.54, 1.807) is 12.1 Å². The van der Waals surface area contributed by atoms with E-state index in [0.717, 1.165) is 18.2 Å². The molecule has 0 spiro atoms. The van der Waals surface area contributed by atoms with Gasteiger partial charge in [-0.1, -0.05) is 12.1 Å². The van der Waals surface area contributed by atoms with Gasteiger partial charge in [0.05, 0.1) is 7.11 Å². The average molecular weight is 306 g/mol. The number of halogens is 2. The molecule has 2 rings (SSSR count). The van der Waals surface area contributed by atoms with E-state index in [9.17, 15) is 18.4 Å². The van der Waals surface area contributed by atoms with Crippen LogP contribution < -0.4 is 15.4 Å². The molecule has 0 aliphatic carbocycles. The van der Waals surface area contributed by atoms with E-state index in [1.165, 1.54) is 19.2 Å². The van der Waals surface area contributed by atoms with Crippen LogP contribution in [0.4, 0.5) is 20.2 Å². The number of nitrogens with one attached hydrogen (secondary N) is 2. The first kappa shape index (κ1) is 15.4. The molecule has 0 aromatic heterocycles. The van der Waals surface area contributed by atoms with Crippen LogP contribution in [0.3, 0.4) is 0 Å². The zero-order valence-corrected chi connectivity index (χ0v) is 11.5. The summed E-state index contributed by atoms with van der Waals surface area (Å²) < 4.78 is 31.8. The predicted octanol–water partition coefficient (Wildman–Crippen LogP) is 2.55. The van der Waals surface area contributed by atoms with Crippen molar-refractivity contribution in [3.8, 4) is 5.75 Å². The van der Waals surface area contributed by atoms with E-state index in [2.05, 4.69) is 5.32 Å². The summed E-state index contributed by atoms with van der Waals surface area (Å²) in [4.78, 5) is 23.4. The molecule has 114 valence electrons. The maximum absolute atomic E-state index is 13.4. The normalized spacial score (nSPS) is 9.95. The minimum atomic E-state index is -1.19. The van der Waals surface area contributed by atoms with Crippen LogP contribution in [-0.4, -0.2) is 18.9 Å². The van der Waals surface area contributed by atoms with Gasteiger partial charge in [-0.3, -0.25) is 9.59 Å². The smallest absolute Gasteiger partial charge is 0.314 e. The molecule has 0 heterocycles. The molecule has 0 saturated heterocycles. The number of para-hydroxylation sites is 1. The number of anilines is 2. The fourth-order valence-electron chi connectivity index (χ4n) is 1.68. The van der Waals surface area contributed by atoms with Crippen molar-refractivity contribution in [2.24, 2.45) is 0 Å². The molecule has 0 aliphatic heterocycles. The molecule has 2 N–H and O–H groups in total. The zero-order chi connectivity index (χ0) is 16.1. The molecule has 0 aliphatic rings. The fraction of sp³-hybridized carbons (Fsp3) is 0.0667. The lowest BCUT2D eigenvalue weighted by Gasteiger charge is -2.08. The zero-order valence-electron chi connectivity index (χ0n) is 11.5. The number of hydrogen-bond acceptors (Lipinski definition) is 3. The van der Waals surface area contributed by atoms with Gasteiger partial charge in [-0.15, -0.1) is 0 Å². The number of benzene rings is 2. The van der Waals surface area contributed by atoms with Crippen molar-refractivity contribution in [3.05, 3.63) is 54.1 Å². The molecule has 0 bridgehead atoms. The van der Waals surface area contributed by atoms with E-state index in [0.29, 0.717) is 11.4 Å². The van der Waals surface area contributed by atoms with Crippen molar-refractivity contribution in [2.45, 2.75) is 0 Å². The number of carbonyl (C=O) groups excluding carboxylic acids is 2. The maximum atomic E-state index is 13.4. The summed E-state index contributed by atoms with van der Waals surface area (Å²) in [5, 5.41) is 4.19. The molecule has 0 radical (unpaired) electrons. The van der Waals surface area contributed by atoms with Gasteiger partial charge in [0.15, 0.2) is 0 Å². The highest BCUT2D eigenvalue weighted by Gasteiger charge is 2.18. The average Bonchev–Trinajstić information content (AvgIpc) is 2.51. The highest BCUT2D eigenvalue weighted by atomic mass is 19.1. The topological polar surface area (TPSA) is 67.4 Å². The van der Waals surface area contributed by atoms with Gasteiger partial charge in [-0.2, -0.15) is 0 Å². The number of methoxy groups -OCH3 is 1. The molecule has 2 aromatic rings. The Labute approximate surface area is 124 Å². The van der Waals surface area contributed by atoms with E-state index in [1.807, 2.05) is 5.32 Å². The van der Waals surface area contributed by atoms with Gasteiger partial charge in [0.2, 0.25) is 0 Å². The van der Waals surface area contributed by atoms with Crippen molar-refractivity contribution in [1.82, 2.24) is 0 Å². The fourth-order valence-corrected chi connectivity index (χ4v) is 1.68. The predicted molar refractivity (Wildman–Crippen MR) is 76.6 cm³/mol. The second-order valence-corrected chi connectivity index (χ2v) is 4.24. The van der Waals surface area contributed by atoms with Crippen LogP contribution in [0, 0.1) is 11.6 Å². The molecule has 5 nitrogen and oxygen atoms in total. The van der Waals surface area contributed by atoms with Gasteiger partial charge in [0, 0.05) is 11.8 Å². The third-order valence-corrected chi connectivity index (χ3v) is 2.74. The van der Waals surface area contributed by atoms with Crippen LogP contribution in [0.25, 0.3) is 0 Å². The van der Waals surface area contributed by atoms with E-state index >= 15 is 0 Å². The lowest BCUT2D eigenvalue weighted by Crippen LogP contribution is -2.29. The standard InChI is InChI=1S/C15H12F2N2O3/c1-22-10-5-2-4-9(8-10)18-14(20)15(21)19-13-11(16)6-3-7-12(13)17/h2-8H,1H3,(H,18,20)(H,19,21). The van der Waals surface area contributed by atoms with Crippen molar-refractivity contribution >= 4 is 23.2 Å². The van der Waals surface area contributed by atoms with Gasteiger partial charge in [-0.05, 0) is 24.3 Å². The van der Waals surface area contributed by atoms with Crippen molar-refractivity contribution in [1.29, 1.82) is 0 Å². The Morgan fingerprint density at radius 2 is 1.55 bits per heavy atom. The van der Waals surface area contributed by atoms with Gasteiger partial charge < -0.3 is 15.4 Å². The van der Waals surface area contributed by atoms with Crippen LogP contribution >= 0.6 is 0 Å². The summed E-state index contributed by atoms with van der Waals surface area (Å²) in [6.07, 6.45) is 0. The molecular weight excluding hydrogens is 294 g/mol. The van der Waals surface area contributed by atoms with E-state index < -0.39 is 29.1 Å². The van der Waals surface area contributed by atoms with Crippen LogP contribution in [0.15, 0.2) is 42.5 Å². The highest BCUT2D eigenvalue weighted by Crippen LogP contribution is 2.19. The molecule has 2 amide bonds. The summed E-state index contributed by atoms with van der Waals surface area (Å²) in [5.74, 6) is -3.70. The SMILES string of the molecule is COc1cccc(NC(=O)C(=O)Nc2c(F)cccc2F)c1. The van der Waals surface area contributed by atoms with Crippen molar-refractivity contribution in [2.75, 3.05) is 17.7 Å². The molecule has 0 atom stereocenters. The molecule has 0 saturated carbocycles. The molecule has 7 heteroatoms. The van der Waals surface area contributed by atoms with Crippen molar-refractivity contribution in [3.63, 3.8) is 0 Å². The third-order valence-electron chi connectivity index (χ3n) is 2.74. The Morgan fingerprint density at radius 3 is 2.18 bits per heavy atom. The Hall–Kier alpha value is -2.96. The summed E-state index contributed by atoms with van der Waals surface area (Å²) >= 11 is 0. The Morgan fingerprint density at radius 1 is 0.955 bits per heavy atom. The quantitative estimate of drug-likeness (QED) is 0.856. The Balaban J connectivity index is 2.08. The third kappa shape index (κ3) is 3.57. The Bertz CT molecular complexity index is 699. The van der Waals surface area contributed by atoms with Gasteiger partial charge in [0.25, 0.3) is 0 Å². The lowest BCUT2D eigenvalue weighted by atomic mass is 10.2. The molecule has 22 heavy (non-hydrogen) atoms. The van der Waals surface area contributed by atoms with Gasteiger partial charge >= 0.3 is 11.8 Å². The first-order valence-electron chi connectivity index (χ1n) is 6.21. The maximum Gasteiger partial charge on any atom is 0.314 e. The number of carbonyl (C=O) groups is 2. The molecule has 0 fully saturated rings. The van der Waals surface area contributed by atoms with Crippen LogP contribution in [0.1, 0.15) is 0 Å². The van der Waals surface area contributed by atoms with Crippen molar-refractivity contribution < 1.29 is 23.1 Å². The summed E-state index contributed by atoms with van der Waals surface area (Å²) in [6, 6.07) is 9.40. The second kappa shape index (κ2) is 6.66. The first-order valence-corrected chi connectivity index (χ1v) is 6.21. The van der Waals surface area contributed by atoms with Crippen LogP contribution in [0.5, 0.6) is 5.75 Å².